The van der Waals surface area contributed by atoms with Crippen molar-refractivity contribution in [1.82, 2.24) is 20.0 Å². The highest BCUT2D eigenvalue weighted by molar-refractivity contribution is 6.06. The van der Waals surface area contributed by atoms with Crippen molar-refractivity contribution >= 4 is 35.6 Å². The maximum absolute atomic E-state index is 13.7. The number of fused-ring (bicyclic) bond motifs is 2. The lowest BCUT2D eigenvalue weighted by atomic mass is 9.94. The van der Waals surface area contributed by atoms with Crippen LogP contribution < -0.4 is 10.6 Å². The molecule has 3 N–H and O–H groups in total. The van der Waals surface area contributed by atoms with Gasteiger partial charge in [-0.2, -0.15) is 0 Å². The van der Waals surface area contributed by atoms with Crippen molar-refractivity contribution in [1.29, 1.82) is 0 Å². The number of piperidine rings is 1. The molecular weight excluding hydrogens is 549 g/mol. The van der Waals surface area contributed by atoms with E-state index in [9.17, 15) is 28.4 Å². The molecule has 1 aliphatic carbocycles. The Morgan fingerprint density at radius 3 is 2.48 bits per heavy atom. The Balaban J connectivity index is 1.33. The van der Waals surface area contributed by atoms with Gasteiger partial charge in [-0.1, -0.05) is 18.2 Å². The van der Waals surface area contributed by atoms with Crippen molar-refractivity contribution in [2.24, 2.45) is 0 Å². The minimum absolute atomic E-state index is 0.0976. The van der Waals surface area contributed by atoms with Gasteiger partial charge in [0.1, 0.15) is 12.4 Å². The van der Waals surface area contributed by atoms with E-state index in [0.29, 0.717) is 49.2 Å². The molecule has 13 heteroatoms. The molecule has 1 spiro atoms. The SMILES string of the molecule is CNC(=O)Nc1ccc2c(c1)CC[C@@]21OC(=O)N(CC(=O)N(Cc2ccc(F)cc2)C2CCN(CC(=O)O)CC2)C1=O. The van der Waals surface area contributed by atoms with Crippen LogP contribution >= 0.6 is 0 Å². The number of carbonyl (C=O) groups excluding carboxylic acids is 4. The monoisotopic (exact) mass is 581 g/mol. The minimum Gasteiger partial charge on any atom is -0.480 e. The van der Waals surface area contributed by atoms with E-state index in [4.69, 9.17) is 9.84 Å². The normalized spacial score (nSPS) is 20.4. The summed E-state index contributed by atoms with van der Waals surface area (Å²) in [5.74, 6) is -2.44. The van der Waals surface area contributed by atoms with Gasteiger partial charge in [0.05, 0.1) is 6.54 Å². The molecule has 2 aromatic rings. The molecule has 2 aliphatic heterocycles. The molecule has 2 heterocycles. The summed E-state index contributed by atoms with van der Waals surface area (Å²) in [5.41, 5.74) is 0.939. The van der Waals surface area contributed by atoms with Crippen LogP contribution in [0.5, 0.6) is 0 Å². The van der Waals surface area contributed by atoms with Gasteiger partial charge in [-0.3, -0.25) is 19.3 Å². The van der Waals surface area contributed by atoms with Crippen molar-refractivity contribution in [3.05, 3.63) is 65.0 Å². The number of benzene rings is 2. The number of carboxylic acid groups (broad SMARTS) is 1. The van der Waals surface area contributed by atoms with Crippen molar-refractivity contribution < 1.29 is 38.2 Å². The van der Waals surface area contributed by atoms with E-state index in [1.807, 2.05) is 0 Å². The molecule has 0 unspecified atom stereocenters. The Morgan fingerprint density at radius 2 is 1.81 bits per heavy atom. The number of imide groups is 1. The molecule has 2 saturated heterocycles. The number of aliphatic carboxylic acids is 1. The maximum atomic E-state index is 13.7. The number of halogens is 1. The predicted molar refractivity (Wildman–Crippen MR) is 147 cm³/mol. The van der Waals surface area contributed by atoms with Gasteiger partial charge in [0.25, 0.3) is 5.91 Å². The van der Waals surface area contributed by atoms with Crippen LogP contribution in [0.15, 0.2) is 42.5 Å². The molecule has 2 fully saturated rings. The van der Waals surface area contributed by atoms with Crippen LogP contribution in [-0.2, 0) is 37.7 Å². The van der Waals surface area contributed by atoms with Gasteiger partial charge in [0, 0.05) is 50.4 Å². The molecule has 12 nitrogen and oxygen atoms in total. The second-order valence-electron chi connectivity index (χ2n) is 10.7. The number of nitrogens with one attached hydrogen (secondary N) is 2. The molecule has 5 rings (SSSR count). The van der Waals surface area contributed by atoms with Gasteiger partial charge in [-0.05, 0) is 54.7 Å². The lowest BCUT2D eigenvalue weighted by molar-refractivity contribution is -0.144. The third-order valence-electron chi connectivity index (χ3n) is 8.08. The number of hydrogen-bond donors (Lipinski definition) is 3. The van der Waals surface area contributed by atoms with E-state index in [2.05, 4.69) is 10.6 Å². The number of carbonyl (C=O) groups is 5. The standard InChI is InChI=1S/C29H32FN5O7/c1-31-27(40)32-21-6-7-23-19(14-21)8-11-29(23)26(39)35(28(41)42-29)16-24(36)34(15-18-2-4-20(30)5-3-18)22-9-12-33(13-10-22)17-25(37)38/h2-7,14,22H,8-13,15-17H2,1H3,(H,37,38)(H2,31,32,40)/t29-/m1/s1. The van der Waals surface area contributed by atoms with E-state index in [-0.39, 0.29) is 25.6 Å². The van der Waals surface area contributed by atoms with E-state index in [0.717, 1.165) is 10.5 Å². The quantitative estimate of drug-likeness (QED) is 0.430. The average Bonchev–Trinajstić information content (AvgIpc) is 3.44. The molecule has 2 aromatic carbocycles. The number of carboxylic acids is 1. The van der Waals surface area contributed by atoms with E-state index in [1.54, 1.807) is 40.1 Å². The molecule has 0 aromatic heterocycles. The molecule has 0 radical (unpaired) electrons. The molecule has 5 amide bonds. The number of nitrogens with zero attached hydrogens (tertiary/aromatic N) is 3. The number of likely N-dealkylation sites (tertiary alicyclic amines) is 1. The largest absolute Gasteiger partial charge is 0.480 e. The van der Waals surface area contributed by atoms with E-state index in [1.165, 1.54) is 19.2 Å². The molecule has 42 heavy (non-hydrogen) atoms. The van der Waals surface area contributed by atoms with Crippen molar-refractivity contribution in [2.45, 2.75) is 43.9 Å². The van der Waals surface area contributed by atoms with Crippen molar-refractivity contribution in [3.63, 3.8) is 0 Å². The fourth-order valence-corrected chi connectivity index (χ4v) is 5.94. The molecule has 3 aliphatic rings. The van der Waals surface area contributed by atoms with Crippen molar-refractivity contribution in [2.75, 3.05) is 38.5 Å². The van der Waals surface area contributed by atoms with Crippen LogP contribution in [0.4, 0.5) is 19.7 Å². The van der Waals surface area contributed by atoms with Crippen molar-refractivity contribution in [3.8, 4) is 0 Å². The highest BCUT2D eigenvalue weighted by Crippen LogP contribution is 2.46. The average molecular weight is 582 g/mol. The Kier molecular flexibility index (Phi) is 8.12. The zero-order chi connectivity index (χ0) is 30.0. The van der Waals surface area contributed by atoms with Crippen LogP contribution in [-0.4, -0.2) is 89.0 Å². The first kappa shape index (κ1) is 29.0. The number of aryl methyl sites for hydroxylation is 1. The number of rotatable bonds is 8. The lowest BCUT2D eigenvalue weighted by Gasteiger charge is -2.38. The third kappa shape index (κ3) is 5.77. The molecule has 222 valence electrons. The second-order valence-corrected chi connectivity index (χ2v) is 10.7. The lowest BCUT2D eigenvalue weighted by Crippen LogP contribution is -2.51. The molecule has 0 bridgehead atoms. The molecule has 0 saturated carbocycles. The Bertz CT molecular complexity index is 1410. The first-order valence-electron chi connectivity index (χ1n) is 13.7. The Morgan fingerprint density at radius 1 is 1.10 bits per heavy atom. The highest BCUT2D eigenvalue weighted by Gasteiger charge is 2.58. The number of anilines is 1. The summed E-state index contributed by atoms with van der Waals surface area (Å²) >= 11 is 0. The van der Waals surface area contributed by atoms with Crippen LogP contribution in [0.1, 0.15) is 36.0 Å². The number of ether oxygens (including phenoxy) is 1. The smallest absolute Gasteiger partial charge is 0.418 e. The Labute approximate surface area is 241 Å². The number of hydrogen-bond acceptors (Lipinski definition) is 7. The fourth-order valence-electron chi connectivity index (χ4n) is 5.94. The third-order valence-corrected chi connectivity index (χ3v) is 8.08. The van der Waals surface area contributed by atoms with E-state index >= 15 is 0 Å². The summed E-state index contributed by atoms with van der Waals surface area (Å²) in [4.78, 5) is 67.5. The summed E-state index contributed by atoms with van der Waals surface area (Å²) in [5, 5.41) is 14.3. The first-order valence-corrected chi connectivity index (χ1v) is 13.7. The van der Waals surface area contributed by atoms with Gasteiger partial charge in [-0.25, -0.2) is 18.9 Å². The first-order chi connectivity index (χ1) is 20.1. The zero-order valence-corrected chi connectivity index (χ0v) is 23.1. The topological polar surface area (TPSA) is 149 Å². The fraction of sp³-hybridized carbons (Fsp3) is 0.414. The van der Waals surface area contributed by atoms with E-state index < -0.39 is 47.9 Å². The number of urea groups is 1. The second kappa shape index (κ2) is 11.8. The van der Waals surface area contributed by atoms with Crippen LogP contribution in [0.3, 0.4) is 0 Å². The molecular formula is C29H32FN5O7. The van der Waals surface area contributed by atoms with Gasteiger partial charge < -0.3 is 25.4 Å². The van der Waals surface area contributed by atoms with Gasteiger partial charge in [0.2, 0.25) is 11.5 Å². The molecule has 1 atom stereocenters. The van der Waals surface area contributed by atoms with Crippen LogP contribution in [0.2, 0.25) is 0 Å². The number of amides is 5. The maximum Gasteiger partial charge on any atom is 0.418 e. The summed E-state index contributed by atoms with van der Waals surface area (Å²) in [7, 11) is 1.49. The summed E-state index contributed by atoms with van der Waals surface area (Å²) in [6, 6.07) is 10.1. The van der Waals surface area contributed by atoms with Crippen LogP contribution in [0.25, 0.3) is 0 Å². The van der Waals surface area contributed by atoms with Gasteiger partial charge in [-0.15, -0.1) is 0 Å². The highest BCUT2D eigenvalue weighted by atomic mass is 19.1. The Hall–Kier alpha value is -4.52. The summed E-state index contributed by atoms with van der Waals surface area (Å²) in [6.07, 6.45) is 0.740. The van der Waals surface area contributed by atoms with Gasteiger partial charge >= 0.3 is 18.1 Å². The van der Waals surface area contributed by atoms with Gasteiger partial charge in [0.15, 0.2) is 0 Å². The minimum atomic E-state index is -1.54. The predicted octanol–water partition coefficient (Wildman–Crippen LogP) is 2.28. The summed E-state index contributed by atoms with van der Waals surface area (Å²) in [6.45, 7) is 0.438. The zero-order valence-electron chi connectivity index (χ0n) is 23.1. The van der Waals surface area contributed by atoms with Crippen LogP contribution in [0, 0.1) is 5.82 Å². The summed E-state index contributed by atoms with van der Waals surface area (Å²) < 4.78 is 19.2.